The summed E-state index contributed by atoms with van der Waals surface area (Å²) in [6.07, 6.45) is 24.9. The fourth-order valence-electron chi connectivity index (χ4n) is 3.67. The number of rotatable bonds is 24. The molecule has 0 aliphatic rings. The second kappa shape index (κ2) is 24.9. The van der Waals surface area contributed by atoms with Crippen molar-refractivity contribution < 1.29 is 0 Å². The van der Waals surface area contributed by atoms with Crippen molar-refractivity contribution in [3.8, 4) is 0 Å². The van der Waals surface area contributed by atoms with E-state index in [1.165, 1.54) is 116 Å². The van der Waals surface area contributed by atoms with Crippen LogP contribution in [0.5, 0.6) is 0 Å². The predicted molar refractivity (Wildman–Crippen MR) is 128 cm³/mol. The molecule has 28 heavy (non-hydrogen) atoms. The topological polar surface area (TPSA) is 36.1 Å². The molecule has 0 spiro atoms. The van der Waals surface area contributed by atoms with E-state index in [0.717, 1.165) is 19.6 Å². The molecular formula is C25H55N3. The molecule has 0 radical (unpaired) electrons. The van der Waals surface area contributed by atoms with E-state index in [0.29, 0.717) is 6.29 Å². The van der Waals surface area contributed by atoms with E-state index in [1.54, 1.807) is 0 Å². The number of nitrogens with one attached hydrogen (secondary N) is 3. The van der Waals surface area contributed by atoms with Gasteiger partial charge in [0.15, 0.2) is 0 Å². The Kier molecular flexibility index (Phi) is 24.8. The Morgan fingerprint density at radius 1 is 0.357 bits per heavy atom. The molecule has 0 aromatic carbocycles. The Bertz CT molecular complexity index is 228. The van der Waals surface area contributed by atoms with Gasteiger partial charge in [-0.25, -0.2) is 0 Å². The van der Waals surface area contributed by atoms with Crippen LogP contribution in [0.1, 0.15) is 136 Å². The van der Waals surface area contributed by atoms with Crippen LogP contribution in [-0.2, 0) is 0 Å². The average Bonchev–Trinajstić information content (AvgIpc) is 2.71. The highest BCUT2D eigenvalue weighted by molar-refractivity contribution is 4.63. The van der Waals surface area contributed by atoms with Gasteiger partial charge in [0, 0.05) is 0 Å². The summed E-state index contributed by atoms with van der Waals surface area (Å²) in [5, 5.41) is 11.1. The van der Waals surface area contributed by atoms with Crippen LogP contribution in [0.15, 0.2) is 0 Å². The van der Waals surface area contributed by atoms with Crippen LogP contribution < -0.4 is 16.0 Å². The van der Waals surface area contributed by atoms with Crippen LogP contribution in [-0.4, -0.2) is 25.9 Å². The Hall–Kier alpha value is -0.120. The third-order valence-corrected chi connectivity index (χ3v) is 5.64. The van der Waals surface area contributed by atoms with Gasteiger partial charge in [-0.05, 0) is 38.9 Å². The van der Waals surface area contributed by atoms with Gasteiger partial charge in [-0.3, -0.25) is 16.0 Å². The van der Waals surface area contributed by atoms with Gasteiger partial charge in [0.05, 0.1) is 0 Å². The minimum Gasteiger partial charge on any atom is -0.290 e. The maximum atomic E-state index is 3.71. The van der Waals surface area contributed by atoms with E-state index in [9.17, 15) is 0 Å². The lowest BCUT2D eigenvalue weighted by Crippen LogP contribution is -2.53. The van der Waals surface area contributed by atoms with Gasteiger partial charge >= 0.3 is 0 Å². The Labute approximate surface area is 178 Å². The first kappa shape index (κ1) is 27.9. The summed E-state index contributed by atoms with van der Waals surface area (Å²) in [5.41, 5.74) is 0. The second-order valence-corrected chi connectivity index (χ2v) is 8.60. The van der Waals surface area contributed by atoms with E-state index >= 15 is 0 Å². The summed E-state index contributed by atoms with van der Waals surface area (Å²) in [6.45, 7) is 10.3. The van der Waals surface area contributed by atoms with Crippen LogP contribution in [0.25, 0.3) is 0 Å². The SMILES string of the molecule is CCCCCCCCNC(NCCCCCCCC)NCCCCCCCC. The first-order valence-electron chi connectivity index (χ1n) is 13.0. The van der Waals surface area contributed by atoms with Crippen molar-refractivity contribution in [1.82, 2.24) is 16.0 Å². The van der Waals surface area contributed by atoms with Crippen molar-refractivity contribution >= 4 is 0 Å². The quantitative estimate of drug-likeness (QED) is 0.120. The fraction of sp³-hybridized carbons (Fsp3) is 1.00. The molecule has 0 saturated heterocycles. The summed E-state index contributed by atoms with van der Waals surface area (Å²) >= 11 is 0. The standard InChI is InChI=1S/C25H55N3/c1-4-7-10-13-16-19-22-26-25(27-23-20-17-14-11-8-5-2)28-24-21-18-15-12-9-6-3/h25-28H,4-24H2,1-3H3. The minimum atomic E-state index is 0.293. The summed E-state index contributed by atoms with van der Waals surface area (Å²) < 4.78 is 0. The van der Waals surface area contributed by atoms with E-state index in [1.807, 2.05) is 0 Å². The zero-order chi connectivity index (χ0) is 20.5. The van der Waals surface area contributed by atoms with Crippen molar-refractivity contribution in [2.75, 3.05) is 19.6 Å². The molecule has 0 aromatic heterocycles. The molecule has 0 heterocycles. The highest BCUT2D eigenvalue weighted by Gasteiger charge is 2.05. The third kappa shape index (κ3) is 22.2. The first-order valence-corrected chi connectivity index (χ1v) is 13.0. The molecular weight excluding hydrogens is 342 g/mol. The van der Waals surface area contributed by atoms with Crippen LogP contribution >= 0.6 is 0 Å². The van der Waals surface area contributed by atoms with Crippen LogP contribution in [0.2, 0.25) is 0 Å². The molecule has 0 rings (SSSR count). The highest BCUT2D eigenvalue weighted by atomic mass is 15.3. The monoisotopic (exact) mass is 397 g/mol. The van der Waals surface area contributed by atoms with E-state index < -0.39 is 0 Å². The van der Waals surface area contributed by atoms with Crippen LogP contribution in [0, 0.1) is 0 Å². The maximum Gasteiger partial charge on any atom is 0.111 e. The zero-order valence-electron chi connectivity index (χ0n) is 19.9. The minimum absolute atomic E-state index is 0.293. The van der Waals surface area contributed by atoms with Gasteiger partial charge in [0.2, 0.25) is 0 Å². The van der Waals surface area contributed by atoms with E-state index in [2.05, 4.69) is 36.7 Å². The third-order valence-electron chi connectivity index (χ3n) is 5.64. The normalized spacial score (nSPS) is 11.6. The molecule has 0 aliphatic heterocycles. The maximum absolute atomic E-state index is 3.71. The summed E-state index contributed by atoms with van der Waals surface area (Å²) in [7, 11) is 0. The molecule has 170 valence electrons. The molecule has 0 bridgehead atoms. The van der Waals surface area contributed by atoms with Crippen molar-refractivity contribution in [1.29, 1.82) is 0 Å². The lowest BCUT2D eigenvalue weighted by Gasteiger charge is -2.22. The fourth-order valence-corrected chi connectivity index (χ4v) is 3.67. The van der Waals surface area contributed by atoms with Crippen molar-refractivity contribution in [3.63, 3.8) is 0 Å². The molecule has 3 N–H and O–H groups in total. The summed E-state index contributed by atoms with van der Waals surface area (Å²) in [4.78, 5) is 0. The molecule has 0 aliphatic carbocycles. The lowest BCUT2D eigenvalue weighted by molar-refractivity contribution is 0.344. The number of unbranched alkanes of at least 4 members (excludes halogenated alkanes) is 15. The number of hydrogen-bond donors (Lipinski definition) is 3. The van der Waals surface area contributed by atoms with E-state index in [-0.39, 0.29) is 0 Å². The second-order valence-electron chi connectivity index (χ2n) is 8.60. The lowest BCUT2D eigenvalue weighted by atomic mass is 10.1. The Morgan fingerprint density at radius 2 is 0.607 bits per heavy atom. The summed E-state index contributed by atoms with van der Waals surface area (Å²) in [6, 6.07) is 0. The predicted octanol–water partition coefficient (Wildman–Crippen LogP) is 7.12. The van der Waals surface area contributed by atoms with Gasteiger partial charge in [-0.2, -0.15) is 0 Å². The largest absolute Gasteiger partial charge is 0.290 e. The average molecular weight is 398 g/mol. The highest BCUT2D eigenvalue weighted by Crippen LogP contribution is 2.06. The Morgan fingerprint density at radius 3 is 0.893 bits per heavy atom. The molecule has 3 heteroatoms. The van der Waals surface area contributed by atoms with Gasteiger partial charge in [-0.15, -0.1) is 0 Å². The first-order chi connectivity index (χ1) is 13.8. The van der Waals surface area contributed by atoms with Crippen LogP contribution in [0.4, 0.5) is 0 Å². The van der Waals surface area contributed by atoms with Crippen molar-refractivity contribution in [2.45, 2.75) is 143 Å². The zero-order valence-corrected chi connectivity index (χ0v) is 19.9. The van der Waals surface area contributed by atoms with E-state index in [4.69, 9.17) is 0 Å². The van der Waals surface area contributed by atoms with Crippen molar-refractivity contribution in [3.05, 3.63) is 0 Å². The molecule has 0 unspecified atom stereocenters. The van der Waals surface area contributed by atoms with Gasteiger partial charge < -0.3 is 0 Å². The molecule has 3 nitrogen and oxygen atoms in total. The summed E-state index contributed by atoms with van der Waals surface area (Å²) in [5.74, 6) is 0. The Balaban J connectivity index is 3.80. The van der Waals surface area contributed by atoms with Gasteiger partial charge in [0.25, 0.3) is 0 Å². The van der Waals surface area contributed by atoms with Gasteiger partial charge in [-0.1, -0.05) is 117 Å². The van der Waals surface area contributed by atoms with Crippen LogP contribution in [0.3, 0.4) is 0 Å². The molecule has 0 atom stereocenters. The molecule has 0 amide bonds. The molecule has 0 aromatic rings. The molecule has 0 saturated carbocycles. The van der Waals surface area contributed by atoms with Gasteiger partial charge in [0.1, 0.15) is 6.29 Å². The molecule has 0 fully saturated rings. The van der Waals surface area contributed by atoms with Crippen molar-refractivity contribution in [2.24, 2.45) is 0 Å². The number of hydrogen-bond acceptors (Lipinski definition) is 3. The smallest absolute Gasteiger partial charge is 0.111 e.